The Morgan fingerprint density at radius 1 is 0.679 bits per heavy atom. The summed E-state index contributed by atoms with van der Waals surface area (Å²) in [5.41, 5.74) is 9.40. The number of hydrogen-bond donors (Lipinski definition) is 2. The number of H-pyrrole nitrogens is 2. The molecule has 0 aliphatic carbocycles. The van der Waals surface area contributed by atoms with Crippen LogP contribution < -0.4 is 0 Å². The van der Waals surface area contributed by atoms with Gasteiger partial charge in [-0.25, -0.2) is 9.97 Å². The van der Waals surface area contributed by atoms with Crippen LogP contribution in [0, 0.1) is 0 Å². The largest absolute Gasteiger partial charge is 0.355 e. The van der Waals surface area contributed by atoms with Crippen LogP contribution in [0.25, 0.3) is 46.4 Å². The molecule has 5 heteroatoms. The fourth-order valence-corrected chi connectivity index (χ4v) is 3.55. The Morgan fingerprint density at radius 3 is 1.96 bits per heavy atom. The zero-order valence-corrected chi connectivity index (χ0v) is 16.4. The molecule has 0 fully saturated rings. The Balaban J connectivity index is 0.00000192. The Kier molecular flexibility index (Phi) is 5.03. The maximum atomic E-state index is 4.72. The van der Waals surface area contributed by atoms with Gasteiger partial charge in [-0.1, -0.05) is 13.3 Å². The van der Waals surface area contributed by atoms with Crippen LogP contribution in [-0.2, 0) is 23.5 Å². The zero-order valence-electron chi connectivity index (χ0n) is 15.5. The van der Waals surface area contributed by atoms with Gasteiger partial charge in [0.25, 0.3) is 0 Å². The van der Waals surface area contributed by atoms with Gasteiger partial charge in [0.05, 0.1) is 22.8 Å². The molecular formula is C23H20CuN4. The van der Waals surface area contributed by atoms with E-state index in [1.54, 1.807) is 0 Å². The molecule has 3 aromatic heterocycles. The summed E-state index contributed by atoms with van der Waals surface area (Å²) in [7, 11) is 0. The fraction of sp³-hybridized carbons (Fsp3) is 0.130. The third kappa shape index (κ3) is 3.72. The van der Waals surface area contributed by atoms with Crippen LogP contribution in [0.3, 0.4) is 0 Å². The molecule has 28 heavy (non-hydrogen) atoms. The van der Waals surface area contributed by atoms with Gasteiger partial charge in [-0.05, 0) is 78.8 Å². The summed E-state index contributed by atoms with van der Waals surface area (Å²) in [5, 5.41) is 0. The quantitative estimate of drug-likeness (QED) is 0.368. The van der Waals surface area contributed by atoms with Gasteiger partial charge < -0.3 is 9.97 Å². The SMILES string of the molecule is CCCc1cc2cc3ccc(cc4nc(cc5nc(cc1[nH]2)C=C5)C=C4)[nH]3.[Cu]. The van der Waals surface area contributed by atoms with E-state index in [9.17, 15) is 0 Å². The standard InChI is InChI=1S/C23H20N4.Cu/c1-2-3-15-10-22-13-20-7-6-18(25-20)11-16-4-5-17(24-16)12-19-8-9-21(26-19)14-23(15)27-22;/h4-14,25,27H,2-3H2,1H3;. The summed E-state index contributed by atoms with van der Waals surface area (Å²) in [5.74, 6) is 0. The minimum Gasteiger partial charge on any atom is -0.355 e. The van der Waals surface area contributed by atoms with Gasteiger partial charge >= 0.3 is 0 Å². The van der Waals surface area contributed by atoms with E-state index in [0.717, 1.165) is 57.7 Å². The number of aromatic nitrogens is 4. The molecule has 8 bridgehead atoms. The van der Waals surface area contributed by atoms with Gasteiger partial charge in [-0.2, -0.15) is 0 Å². The molecule has 0 unspecified atom stereocenters. The third-order valence-corrected chi connectivity index (χ3v) is 4.77. The molecule has 1 radical (unpaired) electrons. The molecule has 3 aromatic rings. The van der Waals surface area contributed by atoms with E-state index in [2.05, 4.69) is 64.3 Å². The third-order valence-electron chi connectivity index (χ3n) is 4.77. The Bertz CT molecular complexity index is 1240. The van der Waals surface area contributed by atoms with Crippen molar-refractivity contribution in [3.05, 3.63) is 70.8 Å². The first-order valence-corrected chi connectivity index (χ1v) is 9.32. The van der Waals surface area contributed by atoms with Crippen molar-refractivity contribution in [2.45, 2.75) is 19.8 Å². The summed E-state index contributed by atoms with van der Waals surface area (Å²) in [4.78, 5) is 16.4. The maximum Gasteiger partial charge on any atom is 0.0659 e. The average molecular weight is 416 g/mol. The predicted molar refractivity (Wildman–Crippen MR) is 113 cm³/mol. The van der Waals surface area contributed by atoms with E-state index in [4.69, 9.17) is 4.98 Å². The molecular weight excluding hydrogens is 396 g/mol. The fourth-order valence-electron chi connectivity index (χ4n) is 3.55. The van der Waals surface area contributed by atoms with Gasteiger partial charge in [0, 0.05) is 39.1 Å². The molecule has 0 saturated carbocycles. The van der Waals surface area contributed by atoms with E-state index in [0.29, 0.717) is 0 Å². The molecule has 2 aliphatic rings. The number of hydrogen-bond acceptors (Lipinski definition) is 2. The summed E-state index contributed by atoms with van der Waals surface area (Å²) in [6, 6.07) is 14.7. The zero-order chi connectivity index (χ0) is 18.2. The number of aromatic amines is 2. The van der Waals surface area contributed by atoms with Crippen molar-refractivity contribution in [2.75, 3.05) is 0 Å². The molecule has 143 valence electrons. The van der Waals surface area contributed by atoms with Gasteiger partial charge in [0.1, 0.15) is 0 Å². The molecule has 0 amide bonds. The van der Waals surface area contributed by atoms with Crippen molar-refractivity contribution in [1.29, 1.82) is 0 Å². The first-order valence-electron chi connectivity index (χ1n) is 9.32. The Morgan fingerprint density at radius 2 is 1.29 bits per heavy atom. The number of rotatable bonds is 2. The maximum absolute atomic E-state index is 4.72. The normalized spacial score (nSPS) is 12.2. The van der Waals surface area contributed by atoms with Gasteiger partial charge in [0.2, 0.25) is 0 Å². The molecule has 0 saturated heterocycles. The summed E-state index contributed by atoms with van der Waals surface area (Å²) < 4.78 is 0. The second-order valence-corrected chi connectivity index (χ2v) is 6.95. The van der Waals surface area contributed by atoms with E-state index in [-0.39, 0.29) is 17.1 Å². The van der Waals surface area contributed by atoms with E-state index in [1.807, 2.05) is 24.3 Å². The van der Waals surface area contributed by atoms with Crippen molar-refractivity contribution in [1.82, 2.24) is 19.9 Å². The Labute approximate surface area is 173 Å². The summed E-state index contributed by atoms with van der Waals surface area (Å²) >= 11 is 0. The molecule has 5 heterocycles. The molecule has 2 aliphatic heterocycles. The Hall–Kier alpha value is -2.88. The van der Waals surface area contributed by atoms with Crippen LogP contribution in [0.5, 0.6) is 0 Å². The van der Waals surface area contributed by atoms with Crippen LogP contribution in [0.2, 0.25) is 0 Å². The van der Waals surface area contributed by atoms with Crippen LogP contribution in [0.4, 0.5) is 0 Å². The molecule has 0 spiro atoms. The van der Waals surface area contributed by atoms with Gasteiger partial charge in [-0.3, -0.25) is 0 Å². The van der Waals surface area contributed by atoms with Gasteiger partial charge in [-0.15, -0.1) is 0 Å². The summed E-state index contributed by atoms with van der Waals surface area (Å²) in [6.45, 7) is 2.21. The number of nitrogens with one attached hydrogen (secondary N) is 2. The van der Waals surface area contributed by atoms with E-state index < -0.39 is 0 Å². The van der Waals surface area contributed by atoms with Crippen molar-refractivity contribution < 1.29 is 17.1 Å². The smallest absolute Gasteiger partial charge is 0.0659 e. The molecule has 4 nitrogen and oxygen atoms in total. The van der Waals surface area contributed by atoms with Crippen molar-refractivity contribution in [2.24, 2.45) is 0 Å². The number of fused-ring (bicyclic) bond motifs is 8. The first kappa shape index (κ1) is 18.5. The van der Waals surface area contributed by atoms with Crippen molar-refractivity contribution >= 4 is 46.4 Å². The number of nitrogens with zero attached hydrogens (tertiary/aromatic N) is 2. The van der Waals surface area contributed by atoms with Crippen LogP contribution in [0.1, 0.15) is 41.7 Å². The minimum atomic E-state index is 0. The van der Waals surface area contributed by atoms with Gasteiger partial charge in [0.15, 0.2) is 0 Å². The van der Waals surface area contributed by atoms with Crippen molar-refractivity contribution in [3.8, 4) is 0 Å². The van der Waals surface area contributed by atoms with Crippen LogP contribution in [-0.4, -0.2) is 19.9 Å². The molecule has 2 N–H and O–H groups in total. The predicted octanol–water partition coefficient (Wildman–Crippen LogP) is 5.61. The topological polar surface area (TPSA) is 57.4 Å². The van der Waals surface area contributed by atoms with E-state index >= 15 is 0 Å². The second-order valence-electron chi connectivity index (χ2n) is 6.95. The first-order chi connectivity index (χ1) is 13.2. The monoisotopic (exact) mass is 415 g/mol. The summed E-state index contributed by atoms with van der Waals surface area (Å²) in [6.07, 6.45) is 10.3. The minimum absolute atomic E-state index is 0. The molecule has 0 atom stereocenters. The average Bonchev–Trinajstić information content (AvgIpc) is 3.41. The van der Waals surface area contributed by atoms with Crippen LogP contribution in [0.15, 0.2) is 42.5 Å². The second kappa shape index (κ2) is 7.62. The molecule has 0 aromatic carbocycles. The van der Waals surface area contributed by atoms with Crippen LogP contribution >= 0.6 is 0 Å². The van der Waals surface area contributed by atoms with E-state index in [1.165, 1.54) is 5.56 Å². The van der Waals surface area contributed by atoms with Crippen molar-refractivity contribution in [3.63, 3.8) is 0 Å². The number of aryl methyl sites for hydroxylation is 1. The molecule has 5 rings (SSSR count).